The van der Waals surface area contributed by atoms with Gasteiger partial charge in [-0.2, -0.15) is 0 Å². The first-order chi connectivity index (χ1) is 8.45. The highest BCUT2D eigenvalue weighted by atomic mass is 32.2. The van der Waals surface area contributed by atoms with Crippen LogP contribution in [-0.2, 0) is 21.3 Å². The van der Waals surface area contributed by atoms with Crippen LogP contribution in [0.4, 0.5) is 4.79 Å². The Morgan fingerprint density at radius 3 is 2.39 bits per heavy atom. The summed E-state index contributed by atoms with van der Waals surface area (Å²) in [5, 5.41) is 0. The summed E-state index contributed by atoms with van der Waals surface area (Å²) < 4.78 is 30.2. The normalized spacial score (nSPS) is 11.2. The van der Waals surface area contributed by atoms with E-state index in [9.17, 15) is 13.2 Å². The molecule has 1 aromatic rings. The zero-order chi connectivity index (χ0) is 13.6. The molecule has 0 heterocycles. The third-order valence-corrected chi connectivity index (χ3v) is 3.58. The molecule has 5 N–H and O–H groups in total. The van der Waals surface area contributed by atoms with Crippen LogP contribution < -0.4 is 16.2 Å². The molecule has 100 valence electrons. The molecule has 0 saturated carbocycles. The van der Waals surface area contributed by atoms with Crippen molar-refractivity contribution in [1.82, 2.24) is 4.72 Å². The molecule has 0 radical (unpaired) electrons. The molecule has 0 saturated heterocycles. The summed E-state index contributed by atoms with van der Waals surface area (Å²) in [6.07, 6.45) is -0.943. The first-order valence-corrected chi connectivity index (χ1v) is 6.65. The van der Waals surface area contributed by atoms with E-state index in [0.29, 0.717) is 6.54 Å². The second kappa shape index (κ2) is 6.34. The molecule has 0 aliphatic rings. The Bertz CT molecular complexity index is 498. The number of hydrogen-bond acceptors (Lipinski definition) is 5. The Hall–Kier alpha value is -1.64. The number of amides is 1. The van der Waals surface area contributed by atoms with E-state index in [1.807, 2.05) is 0 Å². The van der Waals surface area contributed by atoms with Crippen molar-refractivity contribution in [3.63, 3.8) is 0 Å². The average Bonchev–Trinajstić information content (AvgIpc) is 2.34. The van der Waals surface area contributed by atoms with Crippen molar-refractivity contribution >= 4 is 16.1 Å². The van der Waals surface area contributed by atoms with Gasteiger partial charge in [0.05, 0.1) is 4.90 Å². The van der Waals surface area contributed by atoms with E-state index in [-0.39, 0.29) is 18.0 Å². The SMILES string of the molecule is NCc1ccc(S(=O)(=O)NCCOC(N)=O)cc1. The lowest BCUT2D eigenvalue weighted by molar-refractivity contribution is 0.159. The van der Waals surface area contributed by atoms with Crippen molar-refractivity contribution in [2.24, 2.45) is 11.5 Å². The van der Waals surface area contributed by atoms with Gasteiger partial charge in [0.25, 0.3) is 0 Å². The van der Waals surface area contributed by atoms with Gasteiger partial charge in [-0.25, -0.2) is 17.9 Å². The first kappa shape index (κ1) is 14.4. The molecule has 0 aromatic heterocycles. The molecular weight excluding hydrogens is 258 g/mol. The monoisotopic (exact) mass is 273 g/mol. The van der Waals surface area contributed by atoms with E-state index in [0.717, 1.165) is 5.56 Å². The number of nitrogens with one attached hydrogen (secondary N) is 1. The maximum atomic E-state index is 11.8. The average molecular weight is 273 g/mol. The molecule has 8 heteroatoms. The fourth-order valence-corrected chi connectivity index (χ4v) is 2.23. The van der Waals surface area contributed by atoms with Crippen molar-refractivity contribution in [2.75, 3.05) is 13.2 Å². The van der Waals surface area contributed by atoms with E-state index in [1.54, 1.807) is 12.1 Å². The molecule has 0 unspecified atom stereocenters. The van der Waals surface area contributed by atoms with Gasteiger partial charge < -0.3 is 16.2 Å². The molecule has 1 amide bonds. The van der Waals surface area contributed by atoms with Crippen molar-refractivity contribution in [3.05, 3.63) is 29.8 Å². The van der Waals surface area contributed by atoms with Crippen LogP contribution in [0.1, 0.15) is 5.56 Å². The number of hydrogen-bond donors (Lipinski definition) is 3. The summed E-state index contributed by atoms with van der Waals surface area (Å²) in [5.74, 6) is 0. The van der Waals surface area contributed by atoms with E-state index in [1.165, 1.54) is 12.1 Å². The number of nitrogens with two attached hydrogens (primary N) is 2. The molecule has 0 aliphatic heterocycles. The number of sulfonamides is 1. The van der Waals surface area contributed by atoms with Crippen LogP contribution in [0.15, 0.2) is 29.2 Å². The minimum absolute atomic E-state index is 0.0378. The minimum atomic E-state index is -3.61. The number of rotatable bonds is 6. The summed E-state index contributed by atoms with van der Waals surface area (Å²) in [5.41, 5.74) is 11.0. The Morgan fingerprint density at radius 1 is 1.28 bits per heavy atom. The fraction of sp³-hybridized carbons (Fsp3) is 0.300. The first-order valence-electron chi connectivity index (χ1n) is 5.16. The largest absolute Gasteiger partial charge is 0.448 e. The molecule has 1 aromatic carbocycles. The van der Waals surface area contributed by atoms with E-state index in [2.05, 4.69) is 9.46 Å². The molecule has 1 rings (SSSR count). The Balaban J connectivity index is 2.59. The van der Waals surface area contributed by atoms with Gasteiger partial charge in [0.15, 0.2) is 0 Å². The van der Waals surface area contributed by atoms with Crippen LogP contribution in [-0.4, -0.2) is 27.7 Å². The lowest BCUT2D eigenvalue weighted by Crippen LogP contribution is -2.29. The Morgan fingerprint density at radius 2 is 1.89 bits per heavy atom. The summed E-state index contributed by atoms with van der Waals surface area (Å²) in [4.78, 5) is 10.4. The predicted octanol–water partition coefficient (Wildman–Crippen LogP) is -0.481. The number of primary amides is 1. The number of benzene rings is 1. The zero-order valence-corrected chi connectivity index (χ0v) is 10.4. The maximum absolute atomic E-state index is 11.8. The Labute approximate surface area is 105 Å². The van der Waals surface area contributed by atoms with Crippen LogP contribution in [0.5, 0.6) is 0 Å². The van der Waals surface area contributed by atoms with E-state index < -0.39 is 16.1 Å². The Kier molecular flexibility index (Phi) is 5.08. The highest BCUT2D eigenvalue weighted by Crippen LogP contribution is 2.09. The molecule has 0 atom stereocenters. The smallest absolute Gasteiger partial charge is 0.404 e. The number of ether oxygens (including phenoxy) is 1. The van der Waals surface area contributed by atoms with Crippen molar-refractivity contribution in [1.29, 1.82) is 0 Å². The standard InChI is InChI=1S/C10H15N3O4S/c11-7-8-1-3-9(4-2-8)18(15,16)13-5-6-17-10(12)14/h1-4,13H,5-7,11H2,(H2,12,14). The summed E-state index contributed by atoms with van der Waals surface area (Å²) in [6.45, 7) is 0.194. The topological polar surface area (TPSA) is 125 Å². The van der Waals surface area contributed by atoms with E-state index in [4.69, 9.17) is 11.5 Å². The van der Waals surface area contributed by atoms with Crippen LogP contribution in [0.3, 0.4) is 0 Å². The van der Waals surface area contributed by atoms with Crippen LogP contribution in [0, 0.1) is 0 Å². The summed E-state index contributed by atoms with van der Waals surface area (Å²) in [7, 11) is -3.61. The highest BCUT2D eigenvalue weighted by molar-refractivity contribution is 7.89. The lowest BCUT2D eigenvalue weighted by atomic mass is 10.2. The summed E-state index contributed by atoms with van der Waals surface area (Å²) >= 11 is 0. The van der Waals surface area contributed by atoms with Gasteiger partial charge in [-0.15, -0.1) is 0 Å². The molecule has 0 aliphatic carbocycles. The quantitative estimate of drug-likeness (QED) is 0.604. The third kappa shape index (κ3) is 4.32. The van der Waals surface area contributed by atoms with Crippen LogP contribution in [0.25, 0.3) is 0 Å². The summed E-state index contributed by atoms with van der Waals surface area (Å²) in [6, 6.07) is 6.18. The van der Waals surface area contributed by atoms with Gasteiger partial charge in [-0.3, -0.25) is 0 Å². The molecule has 0 fully saturated rings. The molecule has 0 spiro atoms. The molecule has 18 heavy (non-hydrogen) atoms. The molecular formula is C10H15N3O4S. The van der Waals surface area contributed by atoms with Gasteiger partial charge in [-0.05, 0) is 17.7 Å². The maximum Gasteiger partial charge on any atom is 0.404 e. The van der Waals surface area contributed by atoms with Gasteiger partial charge in [0.2, 0.25) is 10.0 Å². The predicted molar refractivity (Wildman–Crippen MR) is 65.1 cm³/mol. The fourth-order valence-electron chi connectivity index (χ4n) is 1.22. The van der Waals surface area contributed by atoms with Gasteiger partial charge in [0, 0.05) is 13.1 Å². The zero-order valence-electron chi connectivity index (χ0n) is 9.63. The van der Waals surface area contributed by atoms with Crippen molar-refractivity contribution in [3.8, 4) is 0 Å². The van der Waals surface area contributed by atoms with Crippen LogP contribution in [0.2, 0.25) is 0 Å². The second-order valence-electron chi connectivity index (χ2n) is 3.41. The second-order valence-corrected chi connectivity index (χ2v) is 5.18. The number of carbonyl (C=O) groups is 1. The van der Waals surface area contributed by atoms with Gasteiger partial charge in [-0.1, -0.05) is 12.1 Å². The van der Waals surface area contributed by atoms with Crippen LogP contribution >= 0.6 is 0 Å². The minimum Gasteiger partial charge on any atom is -0.448 e. The highest BCUT2D eigenvalue weighted by Gasteiger charge is 2.12. The number of carbonyl (C=O) groups excluding carboxylic acids is 1. The molecule has 7 nitrogen and oxygen atoms in total. The van der Waals surface area contributed by atoms with Crippen molar-refractivity contribution < 1.29 is 17.9 Å². The lowest BCUT2D eigenvalue weighted by Gasteiger charge is -2.07. The van der Waals surface area contributed by atoms with E-state index >= 15 is 0 Å². The third-order valence-electron chi connectivity index (χ3n) is 2.11. The van der Waals surface area contributed by atoms with Gasteiger partial charge in [0.1, 0.15) is 6.61 Å². The van der Waals surface area contributed by atoms with Crippen molar-refractivity contribution in [2.45, 2.75) is 11.4 Å². The van der Waals surface area contributed by atoms with Gasteiger partial charge >= 0.3 is 6.09 Å². The molecule has 0 bridgehead atoms.